The van der Waals surface area contributed by atoms with Crippen LogP contribution in [-0.4, -0.2) is 43.1 Å². The average molecular weight is 242 g/mol. The van der Waals surface area contributed by atoms with Gasteiger partial charge in [0.1, 0.15) is 0 Å². The van der Waals surface area contributed by atoms with Crippen LogP contribution in [0.2, 0.25) is 0 Å². The first-order valence-corrected chi connectivity index (χ1v) is 6.32. The van der Waals surface area contributed by atoms with Gasteiger partial charge in [0.15, 0.2) is 0 Å². The molecule has 1 aliphatic heterocycles. The van der Waals surface area contributed by atoms with Gasteiger partial charge in [0.25, 0.3) is 0 Å². The zero-order valence-electron chi connectivity index (χ0n) is 10.7. The minimum absolute atomic E-state index is 0.119. The van der Waals surface area contributed by atoms with Crippen molar-refractivity contribution in [3.05, 3.63) is 0 Å². The van der Waals surface area contributed by atoms with Crippen molar-refractivity contribution in [2.45, 2.75) is 33.1 Å². The van der Waals surface area contributed by atoms with Gasteiger partial charge in [-0.15, -0.1) is 0 Å². The minimum atomic E-state index is -0.452. The number of carbonyl (C=O) groups excluding carboxylic acids is 2. The predicted molar refractivity (Wildman–Crippen MR) is 64.6 cm³/mol. The fourth-order valence-electron chi connectivity index (χ4n) is 2.03. The van der Waals surface area contributed by atoms with Crippen molar-refractivity contribution < 1.29 is 14.3 Å². The largest absolute Gasteiger partial charge is 0.450 e. The molecule has 17 heavy (non-hydrogen) atoms. The van der Waals surface area contributed by atoms with E-state index in [2.05, 4.69) is 12.2 Å². The van der Waals surface area contributed by atoms with E-state index in [0.29, 0.717) is 25.5 Å². The lowest BCUT2D eigenvalue weighted by Crippen LogP contribution is -2.40. The summed E-state index contributed by atoms with van der Waals surface area (Å²) >= 11 is 0. The van der Waals surface area contributed by atoms with Crippen LogP contribution in [0.3, 0.4) is 0 Å². The number of ether oxygens (including phenoxy) is 1. The number of nitrogens with one attached hydrogen (secondary N) is 1. The highest BCUT2D eigenvalue weighted by Crippen LogP contribution is 2.15. The fraction of sp³-hybridized carbons (Fsp3) is 0.833. The Kier molecular flexibility index (Phi) is 5.80. The fourth-order valence-corrected chi connectivity index (χ4v) is 2.03. The molecule has 0 bridgehead atoms. The maximum Gasteiger partial charge on any atom is 0.407 e. The van der Waals surface area contributed by atoms with Crippen molar-refractivity contribution in [3.63, 3.8) is 0 Å². The van der Waals surface area contributed by atoms with Crippen LogP contribution in [0.25, 0.3) is 0 Å². The molecule has 1 atom stereocenters. The molecule has 0 spiro atoms. The van der Waals surface area contributed by atoms with Crippen molar-refractivity contribution in [1.29, 1.82) is 0 Å². The number of likely N-dealkylation sites (tertiary alicyclic amines) is 1. The first-order valence-electron chi connectivity index (χ1n) is 6.32. The predicted octanol–water partition coefficient (Wildman–Crippen LogP) is 1.38. The van der Waals surface area contributed by atoms with Gasteiger partial charge in [0, 0.05) is 26.1 Å². The first kappa shape index (κ1) is 13.8. The number of rotatable bonds is 4. The van der Waals surface area contributed by atoms with Crippen molar-refractivity contribution in [3.8, 4) is 0 Å². The summed E-state index contributed by atoms with van der Waals surface area (Å²) < 4.78 is 4.71. The highest BCUT2D eigenvalue weighted by Gasteiger charge is 2.20. The van der Waals surface area contributed by atoms with Crippen LogP contribution in [-0.2, 0) is 9.53 Å². The first-order chi connectivity index (χ1) is 8.13. The van der Waals surface area contributed by atoms with E-state index in [1.165, 1.54) is 6.42 Å². The van der Waals surface area contributed by atoms with E-state index >= 15 is 0 Å². The molecule has 5 nitrogen and oxygen atoms in total. The Bertz CT molecular complexity index is 268. The number of carbonyl (C=O) groups is 2. The molecule has 1 fully saturated rings. The molecule has 0 unspecified atom stereocenters. The third-order valence-electron chi connectivity index (χ3n) is 2.89. The summed E-state index contributed by atoms with van der Waals surface area (Å²) in [6.07, 6.45) is 2.18. The van der Waals surface area contributed by atoms with Crippen LogP contribution in [0.15, 0.2) is 0 Å². The molecular weight excluding hydrogens is 220 g/mol. The maximum atomic E-state index is 11.8. The number of alkyl carbamates (subject to hydrolysis) is 1. The van der Waals surface area contributed by atoms with Gasteiger partial charge < -0.3 is 15.0 Å². The Labute approximate surface area is 102 Å². The number of piperidine rings is 1. The van der Waals surface area contributed by atoms with Gasteiger partial charge in [0.2, 0.25) is 5.91 Å². The summed E-state index contributed by atoms with van der Waals surface area (Å²) in [5.41, 5.74) is 0. The molecule has 0 radical (unpaired) electrons. The van der Waals surface area contributed by atoms with E-state index in [1.807, 2.05) is 4.90 Å². The maximum absolute atomic E-state index is 11.8. The Morgan fingerprint density at radius 3 is 2.88 bits per heavy atom. The second-order valence-electron chi connectivity index (χ2n) is 4.48. The van der Waals surface area contributed by atoms with Gasteiger partial charge >= 0.3 is 6.09 Å². The second-order valence-corrected chi connectivity index (χ2v) is 4.48. The third kappa shape index (κ3) is 5.06. The lowest BCUT2D eigenvalue weighted by Gasteiger charge is -2.31. The van der Waals surface area contributed by atoms with E-state index in [-0.39, 0.29) is 5.91 Å². The van der Waals surface area contributed by atoms with Gasteiger partial charge in [-0.1, -0.05) is 6.92 Å². The Balaban J connectivity index is 2.18. The molecule has 1 N–H and O–H groups in total. The summed E-state index contributed by atoms with van der Waals surface area (Å²) in [5, 5.41) is 2.56. The SMILES string of the molecule is CCOC(=O)NCCC(=O)N1CCC[C@@H](C)C1. The Hall–Kier alpha value is -1.26. The number of amides is 2. The smallest absolute Gasteiger partial charge is 0.407 e. The molecule has 0 aromatic heterocycles. The van der Waals surface area contributed by atoms with Gasteiger partial charge in [-0.2, -0.15) is 0 Å². The molecule has 2 amide bonds. The monoisotopic (exact) mass is 242 g/mol. The van der Waals surface area contributed by atoms with Gasteiger partial charge in [-0.05, 0) is 25.7 Å². The quantitative estimate of drug-likeness (QED) is 0.810. The van der Waals surface area contributed by atoms with E-state index < -0.39 is 6.09 Å². The molecule has 5 heteroatoms. The minimum Gasteiger partial charge on any atom is -0.450 e. The topological polar surface area (TPSA) is 58.6 Å². The van der Waals surface area contributed by atoms with E-state index in [4.69, 9.17) is 4.74 Å². The van der Waals surface area contributed by atoms with Crippen molar-refractivity contribution in [2.24, 2.45) is 5.92 Å². The summed E-state index contributed by atoms with van der Waals surface area (Å²) in [6.45, 7) is 6.31. The average Bonchev–Trinajstić information content (AvgIpc) is 2.29. The lowest BCUT2D eigenvalue weighted by atomic mass is 10.00. The molecule has 0 saturated carbocycles. The van der Waals surface area contributed by atoms with Gasteiger partial charge in [0.05, 0.1) is 6.61 Å². The lowest BCUT2D eigenvalue weighted by molar-refractivity contribution is -0.132. The number of hydrogen-bond donors (Lipinski definition) is 1. The third-order valence-corrected chi connectivity index (χ3v) is 2.89. The van der Waals surface area contributed by atoms with Gasteiger partial charge in [-0.3, -0.25) is 4.79 Å². The van der Waals surface area contributed by atoms with Crippen molar-refractivity contribution in [1.82, 2.24) is 10.2 Å². The van der Waals surface area contributed by atoms with Gasteiger partial charge in [-0.25, -0.2) is 4.79 Å². The summed E-state index contributed by atoms with van der Waals surface area (Å²) in [4.78, 5) is 24.7. The van der Waals surface area contributed by atoms with E-state index in [0.717, 1.165) is 19.5 Å². The Morgan fingerprint density at radius 2 is 2.24 bits per heavy atom. The van der Waals surface area contributed by atoms with Crippen LogP contribution in [0.1, 0.15) is 33.1 Å². The van der Waals surface area contributed by atoms with Crippen LogP contribution in [0, 0.1) is 5.92 Å². The molecular formula is C12H22N2O3. The van der Waals surface area contributed by atoms with Crippen LogP contribution < -0.4 is 5.32 Å². The number of nitrogens with zero attached hydrogens (tertiary/aromatic N) is 1. The van der Waals surface area contributed by atoms with Crippen molar-refractivity contribution >= 4 is 12.0 Å². The highest BCUT2D eigenvalue weighted by atomic mass is 16.5. The van der Waals surface area contributed by atoms with Crippen molar-refractivity contribution in [2.75, 3.05) is 26.2 Å². The molecule has 1 aliphatic rings. The zero-order valence-corrected chi connectivity index (χ0v) is 10.7. The van der Waals surface area contributed by atoms with E-state index in [9.17, 15) is 9.59 Å². The molecule has 1 heterocycles. The van der Waals surface area contributed by atoms with Crippen LogP contribution in [0.4, 0.5) is 4.79 Å². The highest BCUT2D eigenvalue weighted by molar-refractivity contribution is 5.77. The molecule has 0 aliphatic carbocycles. The molecule has 0 aromatic carbocycles. The molecule has 98 valence electrons. The normalized spacial score (nSPS) is 19.9. The summed E-state index contributed by atoms with van der Waals surface area (Å²) in [5.74, 6) is 0.707. The molecule has 0 aromatic rings. The van der Waals surface area contributed by atoms with Crippen LogP contribution >= 0.6 is 0 Å². The van der Waals surface area contributed by atoms with Crippen LogP contribution in [0.5, 0.6) is 0 Å². The van der Waals surface area contributed by atoms with E-state index in [1.54, 1.807) is 6.92 Å². The molecule has 1 rings (SSSR count). The Morgan fingerprint density at radius 1 is 1.47 bits per heavy atom. The standard InChI is InChI=1S/C12H22N2O3/c1-3-17-12(16)13-7-6-11(15)14-8-4-5-10(2)9-14/h10H,3-9H2,1-2H3,(H,13,16)/t10-/m1/s1. The number of hydrogen-bond acceptors (Lipinski definition) is 3. The zero-order chi connectivity index (χ0) is 12.7. The molecule has 1 saturated heterocycles. The summed E-state index contributed by atoms with van der Waals surface area (Å²) in [7, 11) is 0. The summed E-state index contributed by atoms with van der Waals surface area (Å²) in [6, 6.07) is 0. The second kappa shape index (κ2) is 7.14.